The van der Waals surface area contributed by atoms with Crippen molar-refractivity contribution < 1.29 is 50.7 Å². The third-order valence-electron chi connectivity index (χ3n) is 8.85. The second kappa shape index (κ2) is 59.5. The molecule has 0 aromatic heterocycles. The number of rotatable bonds is 12. The van der Waals surface area contributed by atoms with Crippen molar-refractivity contribution in [2.24, 2.45) is 5.73 Å². The SMILES string of the molecule is C=CCC(O)CCl.C=CCC(O)CN(C)CC=C.C=CCN.CC.CC.CN1CC=CCC(O)C1.CN1CCCCC(O)C1.Oc1ccccc1.[CH3-].[Pd].c1ccc(OC2CCCCNC2)cc1. The van der Waals surface area contributed by atoms with E-state index in [1.807, 2.05) is 95.2 Å². The predicted octanol–water partition coefficient (Wildman–Crippen LogP) is 9.14. The van der Waals surface area contributed by atoms with E-state index in [1.165, 1.54) is 32.1 Å². The van der Waals surface area contributed by atoms with Crippen molar-refractivity contribution in [3.8, 4) is 11.5 Å². The summed E-state index contributed by atoms with van der Waals surface area (Å²) in [7, 11) is 6.03. The van der Waals surface area contributed by atoms with Gasteiger partial charge in [0.2, 0.25) is 0 Å². The molecule has 5 unspecified atom stereocenters. The van der Waals surface area contributed by atoms with Gasteiger partial charge in [0, 0.05) is 72.1 Å². The Hall–Kier alpha value is -2.67. The summed E-state index contributed by atoms with van der Waals surface area (Å²) < 4.78 is 5.87. The van der Waals surface area contributed by atoms with E-state index < -0.39 is 6.10 Å². The summed E-state index contributed by atoms with van der Waals surface area (Å²) in [6.07, 6.45) is 19.6. The van der Waals surface area contributed by atoms with Crippen molar-refractivity contribution >= 4 is 11.6 Å². The number of nitrogens with two attached hydrogens (primary N) is 1. The Kier molecular flexibility index (Phi) is 67.3. The summed E-state index contributed by atoms with van der Waals surface area (Å²) in [5.41, 5.74) is 4.91. The van der Waals surface area contributed by atoms with E-state index in [0.717, 1.165) is 64.4 Å². The van der Waals surface area contributed by atoms with Crippen LogP contribution < -0.4 is 15.8 Å². The minimum Gasteiger partial charge on any atom is -0.508 e. The molecule has 5 atom stereocenters. The third-order valence-corrected chi connectivity index (χ3v) is 9.21. The number of nitrogens with one attached hydrogen (secondary N) is 1. The average molecular weight is 1060 g/mol. The van der Waals surface area contributed by atoms with Gasteiger partial charge in [0.05, 0.1) is 24.4 Å². The quantitative estimate of drug-likeness (QED) is 0.0471. The number of halogens is 1. The molecule has 0 spiro atoms. The number of β-amino-alcohol motifs (C(OH)–C–C–N with tert-alkyl or cyclic N) is 2. The van der Waals surface area contributed by atoms with Gasteiger partial charge < -0.3 is 63.4 Å². The molecular formula is C54H99ClN5O6Pd-. The molecule has 11 nitrogen and oxygen atoms in total. The first-order chi connectivity index (χ1) is 31.3. The first-order valence-electron chi connectivity index (χ1n) is 23.6. The smallest absolute Gasteiger partial charge is 0.119 e. The Morgan fingerprint density at radius 1 is 0.791 bits per heavy atom. The monoisotopic (exact) mass is 1050 g/mol. The molecule has 0 saturated carbocycles. The van der Waals surface area contributed by atoms with E-state index in [9.17, 15) is 10.2 Å². The van der Waals surface area contributed by atoms with E-state index in [1.54, 1.807) is 42.5 Å². The molecular weight excluding hydrogens is 956 g/mol. The van der Waals surface area contributed by atoms with Gasteiger partial charge in [0.1, 0.15) is 17.6 Å². The Morgan fingerprint density at radius 3 is 1.82 bits per heavy atom. The van der Waals surface area contributed by atoms with Gasteiger partial charge in [0.15, 0.2) is 0 Å². The molecule has 67 heavy (non-hydrogen) atoms. The van der Waals surface area contributed by atoms with E-state index in [2.05, 4.69) is 54.6 Å². The summed E-state index contributed by atoms with van der Waals surface area (Å²) in [6, 6.07) is 18.8. The number of alkyl halides is 1. The Morgan fingerprint density at radius 2 is 1.33 bits per heavy atom. The molecule has 13 heteroatoms. The Labute approximate surface area is 430 Å². The van der Waals surface area contributed by atoms with E-state index in [0.29, 0.717) is 43.7 Å². The van der Waals surface area contributed by atoms with Crippen molar-refractivity contribution in [2.45, 2.75) is 116 Å². The number of aliphatic hydroxyl groups excluding tert-OH is 4. The molecule has 3 heterocycles. The number of hydrogen-bond donors (Lipinski definition) is 7. The van der Waals surface area contributed by atoms with Gasteiger partial charge in [-0.2, -0.15) is 0 Å². The van der Waals surface area contributed by atoms with Gasteiger partial charge in [-0.05, 0) is 116 Å². The van der Waals surface area contributed by atoms with Crippen LogP contribution in [0.15, 0.2) is 123 Å². The number of likely N-dealkylation sites (tertiary alicyclic amines) is 1. The number of aliphatic hydroxyl groups is 4. The van der Waals surface area contributed by atoms with Crippen LogP contribution in [0.25, 0.3) is 0 Å². The number of likely N-dealkylation sites (N-methyl/N-ethyl adjacent to an activating group) is 3. The number of nitrogens with zero attached hydrogens (tertiary/aromatic N) is 3. The molecule has 8 N–H and O–H groups in total. The van der Waals surface area contributed by atoms with Gasteiger partial charge in [-0.15, -0.1) is 37.9 Å². The van der Waals surface area contributed by atoms with Gasteiger partial charge in [-0.3, -0.25) is 0 Å². The summed E-state index contributed by atoms with van der Waals surface area (Å²) >= 11 is 5.23. The van der Waals surface area contributed by atoms with Crippen molar-refractivity contribution in [1.82, 2.24) is 20.0 Å². The predicted molar refractivity (Wildman–Crippen MR) is 289 cm³/mol. The summed E-state index contributed by atoms with van der Waals surface area (Å²) in [4.78, 5) is 6.31. The molecule has 2 aromatic carbocycles. The number of hydrogen-bond acceptors (Lipinski definition) is 11. The van der Waals surface area contributed by atoms with Crippen LogP contribution in [0, 0.1) is 7.43 Å². The molecule has 0 aliphatic carbocycles. The molecule has 0 amide bonds. The van der Waals surface area contributed by atoms with Gasteiger partial charge in [0.25, 0.3) is 0 Å². The number of ether oxygens (including phenoxy) is 1. The van der Waals surface area contributed by atoms with Crippen LogP contribution in [0.5, 0.6) is 11.5 Å². The van der Waals surface area contributed by atoms with Crippen LogP contribution >= 0.6 is 11.6 Å². The van der Waals surface area contributed by atoms with Gasteiger partial charge in [-0.25, -0.2) is 0 Å². The number of phenols is 1. The number of aromatic hydroxyl groups is 1. The maximum atomic E-state index is 9.30. The fraction of sp³-hybridized carbons (Fsp3) is 0.574. The van der Waals surface area contributed by atoms with Crippen LogP contribution in [0.2, 0.25) is 0 Å². The molecule has 2 fully saturated rings. The molecule has 2 saturated heterocycles. The first kappa shape index (κ1) is 75.8. The van der Waals surface area contributed by atoms with Crippen molar-refractivity contribution in [3.05, 3.63) is 131 Å². The molecule has 3 aliphatic heterocycles. The van der Waals surface area contributed by atoms with Gasteiger partial charge in [-0.1, -0.05) is 101 Å². The standard InChI is InChI=1S/C12H17NO.C9H17NO.C7H15NO.C7H13NO.C6H6O.C5H9ClO.C3H7N.2C2H6.CH3.Pd/c1-2-6-11(7-3-1)14-12-8-4-5-9-13-10-12;1-4-6-9(11)8-10(3)7-5-2;2*1-8-5-3-2-4-7(9)6-8;7-6-4-2-1-3-5-6;1-2-3-5(7)4-6;1-2-3-4;2*1-2;;/h1-3,6-7,12-13H,4-5,8-10H2;4-5,9,11H,1-2,6-8H2,3H3;7,9H,2-6H2,1H3;2-3,7,9H,4-6H2,1H3;1-5,7H;2,5,7H,1,3-4H2;2H,1,3-4H2;2*1-2H3;1H3;/q;;;;;;;;;-1;. The summed E-state index contributed by atoms with van der Waals surface area (Å²) in [5.74, 6) is 1.61. The molecule has 2 aromatic rings. The van der Waals surface area contributed by atoms with Gasteiger partial charge >= 0.3 is 0 Å². The minimum atomic E-state index is -0.404. The van der Waals surface area contributed by atoms with Crippen molar-refractivity contribution in [2.75, 3.05) is 85.9 Å². The van der Waals surface area contributed by atoms with E-state index in [-0.39, 0.29) is 46.2 Å². The topological polar surface area (TPSA) is 158 Å². The maximum absolute atomic E-state index is 9.30. The second-order valence-corrected chi connectivity index (χ2v) is 15.4. The molecule has 0 bridgehead atoms. The Balaban J connectivity index is -0.000000163. The summed E-state index contributed by atoms with van der Waals surface area (Å²) in [5, 5.41) is 48.4. The zero-order valence-corrected chi connectivity index (χ0v) is 45.5. The van der Waals surface area contributed by atoms with Crippen LogP contribution in [-0.4, -0.2) is 157 Å². The second-order valence-electron chi connectivity index (χ2n) is 15.1. The van der Waals surface area contributed by atoms with Crippen LogP contribution in [-0.2, 0) is 20.4 Å². The maximum Gasteiger partial charge on any atom is 0.119 e. The van der Waals surface area contributed by atoms with E-state index >= 15 is 0 Å². The molecule has 394 valence electrons. The minimum absolute atomic E-state index is 0. The first-order valence-corrected chi connectivity index (χ1v) is 24.2. The van der Waals surface area contributed by atoms with Crippen molar-refractivity contribution in [3.63, 3.8) is 0 Å². The third kappa shape index (κ3) is 57.6. The number of para-hydroxylation sites is 2. The fourth-order valence-corrected chi connectivity index (χ4v) is 5.83. The average Bonchev–Trinajstić information content (AvgIpc) is 3.78. The van der Waals surface area contributed by atoms with Crippen LogP contribution in [0.1, 0.15) is 85.5 Å². The van der Waals surface area contributed by atoms with E-state index in [4.69, 9.17) is 37.4 Å². The zero-order chi connectivity index (χ0) is 49.9. The molecule has 0 radical (unpaired) electrons. The summed E-state index contributed by atoms with van der Waals surface area (Å²) in [6.45, 7) is 29.9. The van der Waals surface area contributed by atoms with Crippen LogP contribution in [0.4, 0.5) is 0 Å². The largest absolute Gasteiger partial charge is 0.508 e. The van der Waals surface area contributed by atoms with Crippen molar-refractivity contribution in [1.29, 1.82) is 0 Å². The fourth-order valence-electron chi connectivity index (χ4n) is 5.70. The number of benzene rings is 2. The Bertz CT molecular complexity index is 1280. The number of phenolic OH excluding ortho intramolecular Hbond substituents is 1. The zero-order valence-electron chi connectivity index (χ0n) is 43.1. The van der Waals surface area contributed by atoms with Crippen LogP contribution in [0.3, 0.4) is 0 Å². The molecule has 3 aliphatic rings. The molecule has 5 rings (SSSR count). The normalized spacial score (nSPS) is 18.1.